The molecule has 0 aromatic heterocycles. The monoisotopic (exact) mass is 399 g/mol. The second-order valence-corrected chi connectivity index (χ2v) is 7.38. The topological polar surface area (TPSA) is 69.7 Å². The number of halogens is 1. The molecule has 3 amide bonds. The maximum atomic E-state index is 12.5. The Kier molecular flexibility index (Phi) is 5.99. The van der Waals surface area contributed by atoms with Crippen LogP contribution in [-0.4, -0.2) is 43.3 Å². The molecule has 1 saturated heterocycles. The molecule has 1 heterocycles. The zero-order valence-electron chi connectivity index (χ0n) is 15.8. The molecule has 146 valence electrons. The van der Waals surface area contributed by atoms with Crippen LogP contribution in [0.25, 0.3) is 0 Å². The number of para-hydroxylation sites is 1. The van der Waals surface area contributed by atoms with Crippen LogP contribution in [0.2, 0.25) is 5.02 Å². The van der Waals surface area contributed by atoms with Crippen molar-refractivity contribution in [3.63, 3.8) is 0 Å². The summed E-state index contributed by atoms with van der Waals surface area (Å²) in [6.45, 7) is 0.650. The van der Waals surface area contributed by atoms with E-state index in [-0.39, 0.29) is 24.1 Å². The smallest absolute Gasteiger partial charge is 0.253 e. The molecule has 1 unspecified atom stereocenters. The number of nitrogens with zero attached hydrogens (tertiary/aromatic N) is 2. The number of carbonyl (C=O) groups is 3. The summed E-state index contributed by atoms with van der Waals surface area (Å²) in [5.74, 6) is -0.769. The third-order valence-electron chi connectivity index (χ3n) is 4.71. The van der Waals surface area contributed by atoms with Gasteiger partial charge < -0.3 is 15.1 Å². The summed E-state index contributed by atoms with van der Waals surface area (Å²) in [5.41, 5.74) is 2.11. The number of amides is 3. The summed E-state index contributed by atoms with van der Waals surface area (Å²) in [7, 11) is 3.40. The van der Waals surface area contributed by atoms with Crippen LogP contribution in [0.5, 0.6) is 0 Å². The first-order valence-corrected chi connectivity index (χ1v) is 9.38. The molecular formula is C21H22ClN3O3. The fourth-order valence-corrected chi connectivity index (χ4v) is 3.38. The number of carbonyl (C=O) groups excluding carboxylic acids is 3. The van der Waals surface area contributed by atoms with E-state index < -0.39 is 5.92 Å². The Morgan fingerprint density at radius 3 is 2.46 bits per heavy atom. The molecule has 1 aliphatic rings. The first-order chi connectivity index (χ1) is 13.4. The lowest BCUT2D eigenvalue weighted by Crippen LogP contribution is -2.32. The fraction of sp³-hybridized carbons (Fsp3) is 0.286. The van der Waals surface area contributed by atoms with Gasteiger partial charge in [0.2, 0.25) is 11.8 Å². The van der Waals surface area contributed by atoms with E-state index >= 15 is 0 Å². The first-order valence-electron chi connectivity index (χ1n) is 9.00. The molecule has 0 bridgehead atoms. The Labute approximate surface area is 169 Å². The molecular weight excluding hydrogens is 378 g/mol. The predicted octanol–water partition coefficient (Wildman–Crippen LogP) is 2.71. The lowest BCUT2D eigenvalue weighted by Gasteiger charge is -2.18. The van der Waals surface area contributed by atoms with Crippen LogP contribution in [0.15, 0.2) is 48.5 Å². The van der Waals surface area contributed by atoms with Crippen LogP contribution in [-0.2, 0) is 16.1 Å². The molecule has 1 aliphatic heterocycles. The van der Waals surface area contributed by atoms with Crippen LogP contribution in [0, 0.1) is 5.92 Å². The van der Waals surface area contributed by atoms with Crippen molar-refractivity contribution in [3.05, 3.63) is 64.7 Å². The molecule has 1 N–H and O–H groups in total. The minimum Gasteiger partial charge on any atom is -0.352 e. The van der Waals surface area contributed by atoms with Gasteiger partial charge in [0.1, 0.15) is 0 Å². The lowest BCUT2D eigenvalue weighted by atomic mass is 10.1. The molecule has 0 radical (unpaired) electrons. The van der Waals surface area contributed by atoms with Crippen LogP contribution in [0.3, 0.4) is 0 Å². The molecule has 28 heavy (non-hydrogen) atoms. The Balaban J connectivity index is 1.58. The van der Waals surface area contributed by atoms with Crippen molar-refractivity contribution in [1.82, 2.24) is 10.2 Å². The number of nitrogens with one attached hydrogen (secondary N) is 1. The summed E-state index contributed by atoms with van der Waals surface area (Å²) in [5, 5.41) is 3.36. The van der Waals surface area contributed by atoms with Gasteiger partial charge in [-0.05, 0) is 29.8 Å². The van der Waals surface area contributed by atoms with Crippen LogP contribution in [0.1, 0.15) is 22.3 Å². The molecule has 6 nitrogen and oxygen atoms in total. The Hall–Kier alpha value is -2.86. The second kappa shape index (κ2) is 8.44. The van der Waals surface area contributed by atoms with Crippen molar-refractivity contribution in [2.75, 3.05) is 25.5 Å². The predicted molar refractivity (Wildman–Crippen MR) is 108 cm³/mol. The van der Waals surface area contributed by atoms with Crippen molar-refractivity contribution >= 4 is 35.0 Å². The quantitative estimate of drug-likeness (QED) is 0.840. The lowest BCUT2D eigenvalue weighted by molar-refractivity contribution is -0.126. The summed E-state index contributed by atoms with van der Waals surface area (Å²) < 4.78 is 0. The SMILES string of the molecule is CN(C)C(=O)c1ccc(CNC(=O)C2CC(=O)N(c3ccccc3Cl)C2)cc1. The van der Waals surface area contributed by atoms with E-state index in [1.54, 1.807) is 49.3 Å². The van der Waals surface area contributed by atoms with Gasteiger partial charge in [-0.25, -0.2) is 0 Å². The molecule has 2 aromatic rings. The molecule has 2 aromatic carbocycles. The van der Waals surface area contributed by atoms with Gasteiger partial charge in [0, 0.05) is 39.2 Å². The average Bonchev–Trinajstić information content (AvgIpc) is 3.08. The minimum atomic E-state index is -0.418. The van der Waals surface area contributed by atoms with Gasteiger partial charge in [-0.2, -0.15) is 0 Å². The molecule has 7 heteroatoms. The summed E-state index contributed by atoms with van der Waals surface area (Å²) in [6.07, 6.45) is 0.160. The fourth-order valence-electron chi connectivity index (χ4n) is 3.14. The highest BCUT2D eigenvalue weighted by Gasteiger charge is 2.35. The van der Waals surface area contributed by atoms with Crippen LogP contribution < -0.4 is 10.2 Å². The Morgan fingerprint density at radius 2 is 1.82 bits per heavy atom. The van der Waals surface area contributed by atoms with Crippen molar-refractivity contribution in [1.29, 1.82) is 0 Å². The third-order valence-corrected chi connectivity index (χ3v) is 5.03. The minimum absolute atomic E-state index is 0.0697. The number of rotatable bonds is 5. The van der Waals surface area contributed by atoms with E-state index in [4.69, 9.17) is 11.6 Å². The average molecular weight is 400 g/mol. The van der Waals surface area contributed by atoms with E-state index in [2.05, 4.69) is 5.32 Å². The van der Waals surface area contributed by atoms with Gasteiger partial charge in [0.25, 0.3) is 5.91 Å². The van der Waals surface area contributed by atoms with Gasteiger partial charge in [0.15, 0.2) is 0 Å². The first kappa shape index (κ1) is 19.9. The molecule has 1 fully saturated rings. The summed E-state index contributed by atoms with van der Waals surface area (Å²) in [4.78, 5) is 39.8. The maximum absolute atomic E-state index is 12.5. The van der Waals surface area contributed by atoms with E-state index in [1.807, 2.05) is 18.2 Å². The highest BCUT2D eigenvalue weighted by Crippen LogP contribution is 2.31. The molecule has 3 rings (SSSR count). The van der Waals surface area contributed by atoms with E-state index in [0.717, 1.165) is 5.56 Å². The van der Waals surface area contributed by atoms with Crippen molar-refractivity contribution in [2.24, 2.45) is 5.92 Å². The van der Waals surface area contributed by atoms with Gasteiger partial charge in [-0.3, -0.25) is 14.4 Å². The van der Waals surface area contributed by atoms with Gasteiger partial charge >= 0.3 is 0 Å². The van der Waals surface area contributed by atoms with E-state index in [0.29, 0.717) is 29.4 Å². The second-order valence-electron chi connectivity index (χ2n) is 6.97. The van der Waals surface area contributed by atoms with Crippen molar-refractivity contribution in [3.8, 4) is 0 Å². The summed E-state index contributed by atoms with van der Waals surface area (Å²) in [6, 6.07) is 14.2. The third kappa shape index (κ3) is 4.34. The molecule has 0 spiro atoms. The number of hydrogen-bond acceptors (Lipinski definition) is 3. The zero-order chi connectivity index (χ0) is 20.3. The van der Waals surface area contributed by atoms with Crippen molar-refractivity contribution < 1.29 is 14.4 Å². The highest BCUT2D eigenvalue weighted by atomic mass is 35.5. The normalized spacial score (nSPS) is 16.2. The summed E-state index contributed by atoms with van der Waals surface area (Å²) >= 11 is 6.17. The molecule has 0 saturated carbocycles. The number of benzene rings is 2. The van der Waals surface area contributed by atoms with Crippen LogP contribution >= 0.6 is 11.6 Å². The van der Waals surface area contributed by atoms with Crippen molar-refractivity contribution in [2.45, 2.75) is 13.0 Å². The maximum Gasteiger partial charge on any atom is 0.253 e. The molecule has 1 atom stereocenters. The number of anilines is 1. The zero-order valence-corrected chi connectivity index (χ0v) is 16.6. The van der Waals surface area contributed by atoms with Gasteiger partial charge in [-0.1, -0.05) is 35.9 Å². The highest BCUT2D eigenvalue weighted by molar-refractivity contribution is 6.33. The van der Waals surface area contributed by atoms with Gasteiger partial charge in [0.05, 0.1) is 16.6 Å². The molecule has 0 aliphatic carbocycles. The Morgan fingerprint density at radius 1 is 1.14 bits per heavy atom. The Bertz CT molecular complexity index is 896. The number of hydrogen-bond donors (Lipinski definition) is 1. The van der Waals surface area contributed by atoms with E-state index in [1.165, 1.54) is 4.90 Å². The van der Waals surface area contributed by atoms with Crippen LogP contribution in [0.4, 0.5) is 5.69 Å². The largest absolute Gasteiger partial charge is 0.352 e. The van der Waals surface area contributed by atoms with Gasteiger partial charge in [-0.15, -0.1) is 0 Å². The van der Waals surface area contributed by atoms with E-state index in [9.17, 15) is 14.4 Å². The standard InChI is InChI=1S/C21H22ClN3O3/c1-24(2)21(28)15-9-7-14(8-10-15)12-23-20(27)16-11-19(26)25(13-16)18-6-4-3-5-17(18)22/h3-10,16H,11-13H2,1-2H3,(H,23,27).